The smallest absolute Gasteiger partial charge is 0.244 e. The Morgan fingerprint density at radius 1 is 0.970 bits per heavy atom. The minimum atomic E-state index is -3.78. The van der Waals surface area contributed by atoms with Crippen molar-refractivity contribution in [3.8, 4) is 0 Å². The van der Waals surface area contributed by atoms with Crippen LogP contribution in [-0.2, 0) is 26.2 Å². The lowest BCUT2D eigenvalue weighted by atomic mass is 10.1. The molecule has 0 aliphatic heterocycles. The second-order valence-electron chi connectivity index (χ2n) is 7.89. The molecule has 2 aromatic rings. The van der Waals surface area contributed by atoms with Crippen molar-refractivity contribution >= 4 is 50.7 Å². The van der Waals surface area contributed by atoms with Crippen LogP contribution in [0.15, 0.2) is 48.5 Å². The summed E-state index contributed by atoms with van der Waals surface area (Å²) in [4.78, 5) is 27.6. The summed E-state index contributed by atoms with van der Waals surface area (Å²) in [6.07, 6.45) is 1.76. The van der Waals surface area contributed by atoms with E-state index in [0.29, 0.717) is 15.7 Å². The number of amides is 2. The van der Waals surface area contributed by atoms with Gasteiger partial charge < -0.3 is 10.2 Å². The van der Waals surface area contributed by atoms with Gasteiger partial charge in [0.15, 0.2) is 0 Å². The van der Waals surface area contributed by atoms with Gasteiger partial charge in [-0.15, -0.1) is 0 Å². The number of halogens is 2. The number of anilines is 1. The number of hydrogen-bond acceptors (Lipinski definition) is 4. The van der Waals surface area contributed by atoms with Crippen molar-refractivity contribution in [2.75, 3.05) is 17.1 Å². The molecule has 0 radical (unpaired) electrons. The van der Waals surface area contributed by atoms with E-state index >= 15 is 0 Å². The van der Waals surface area contributed by atoms with E-state index in [4.69, 9.17) is 23.2 Å². The van der Waals surface area contributed by atoms with Crippen LogP contribution in [0.25, 0.3) is 0 Å². The zero-order valence-corrected chi connectivity index (χ0v) is 21.4. The molecule has 0 fully saturated rings. The Balaban J connectivity index is 2.36. The van der Waals surface area contributed by atoms with Gasteiger partial charge in [0.25, 0.3) is 0 Å². The molecule has 2 amide bonds. The first-order chi connectivity index (χ1) is 15.4. The molecule has 2 atom stereocenters. The number of carbonyl (C=O) groups is 2. The molecule has 0 heterocycles. The topological polar surface area (TPSA) is 86.8 Å². The first-order valence-electron chi connectivity index (χ1n) is 10.5. The maximum atomic E-state index is 13.4. The summed E-state index contributed by atoms with van der Waals surface area (Å²) < 4.78 is 26.0. The van der Waals surface area contributed by atoms with Crippen LogP contribution in [0.5, 0.6) is 0 Å². The highest BCUT2D eigenvalue weighted by atomic mass is 35.5. The van der Waals surface area contributed by atoms with Gasteiger partial charge in [-0.25, -0.2) is 8.42 Å². The number of nitrogens with zero attached hydrogens (tertiary/aromatic N) is 2. The molecule has 0 bridgehead atoms. The molecular formula is C23H29Cl2N3O4S. The van der Waals surface area contributed by atoms with Gasteiger partial charge >= 0.3 is 0 Å². The third-order valence-corrected chi connectivity index (χ3v) is 6.87. The van der Waals surface area contributed by atoms with E-state index in [9.17, 15) is 18.0 Å². The Labute approximate surface area is 205 Å². The molecule has 0 aliphatic rings. The minimum Gasteiger partial charge on any atom is -0.352 e. The fraction of sp³-hybridized carbons (Fsp3) is 0.391. The molecule has 0 unspecified atom stereocenters. The van der Waals surface area contributed by atoms with Gasteiger partial charge in [-0.1, -0.05) is 42.3 Å². The van der Waals surface area contributed by atoms with Gasteiger partial charge in [0.2, 0.25) is 21.8 Å². The predicted octanol–water partition coefficient (Wildman–Crippen LogP) is 4.09. The number of nitrogens with one attached hydrogen (secondary N) is 1. The molecule has 33 heavy (non-hydrogen) atoms. The third kappa shape index (κ3) is 7.91. The highest BCUT2D eigenvalue weighted by Gasteiger charge is 2.30. The van der Waals surface area contributed by atoms with Crippen LogP contribution in [0.2, 0.25) is 10.0 Å². The van der Waals surface area contributed by atoms with Gasteiger partial charge in [0, 0.05) is 22.6 Å². The zero-order valence-electron chi connectivity index (χ0n) is 19.1. The van der Waals surface area contributed by atoms with Gasteiger partial charge in [0.1, 0.15) is 12.6 Å². The largest absolute Gasteiger partial charge is 0.352 e. The Morgan fingerprint density at radius 2 is 1.48 bits per heavy atom. The molecule has 2 rings (SSSR count). The number of carbonyl (C=O) groups excluding carboxylic acids is 2. The molecule has 1 N–H and O–H groups in total. The number of rotatable bonds is 10. The van der Waals surface area contributed by atoms with Crippen LogP contribution < -0.4 is 9.62 Å². The normalized spacial score (nSPS) is 13.2. The second kappa shape index (κ2) is 11.7. The summed E-state index contributed by atoms with van der Waals surface area (Å²) in [5.41, 5.74) is 1.06. The SMILES string of the molecule is CC[C@H](C)NC(=O)[C@@H](C)N(Cc1ccc(Cl)cc1)C(=O)CN(c1ccc(Cl)cc1)S(C)(=O)=O. The van der Waals surface area contributed by atoms with E-state index in [1.165, 1.54) is 17.0 Å². The zero-order chi connectivity index (χ0) is 24.8. The summed E-state index contributed by atoms with van der Waals surface area (Å²) in [7, 11) is -3.78. The van der Waals surface area contributed by atoms with E-state index in [0.717, 1.165) is 22.5 Å². The summed E-state index contributed by atoms with van der Waals surface area (Å²) in [5.74, 6) is -0.832. The number of benzene rings is 2. The lowest BCUT2D eigenvalue weighted by Gasteiger charge is -2.32. The van der Waals surface area contributed by atoms with Gasteiger partial charge in [-0.05, 0) is 62.2 Å². The molecule has 0 aliphatic carbocycles. The highest BCUT2D eigenvalue weighted by molar-refractivity contribution is 7.92. The Bertz CT molecular complexity index is 1060. The van der Waals surface area contributed by atoms with Crippen molar-refractivity contribution in [2.24, 2.45) is 0 Å². The van der Waals surface area contributed by atoms with Crippen LogP contribution in [0.4, 0.5) is 5.69 Å². The average Bonchev–Trinajstić information content (AvgIpc) is 2.76. The molecule has 7 nitrogen and oxygen atoms in total. The average molecular weight is 514 g/mol. The van der Waals surface area contributed by atoms with Crippen LogP contribution >= 0.6 is 23.2 Å². The van der Waals surface area contributed by atoms with E-state index in [2.05, 4.69) is 5.32 Å². The summed E-state index contributed by atoms with van der Waals surface area (Å²) >= 11 is 11.9. The summed E-state index contributed by atoms with van der Waals surface area (Å²) in [6.45, 7) is 5.10. The van der Waals surface area contributed by atoms with Gasteiger partial charge in [0.05, 0.1) is 11.9 Å². The number of hydrogen-bond donors (Lipinski definition) is 1. The number of sulfonamides is 1. The molecule has 180 valence electrons. The molecule has 0 saturated heterocycles. The minimum absolute atomic E-state index is 0.0611. The summed E-state index contributed by atoms with van der Waals surface area (Å²) in [5, 5.41) is 3.87. The van der Waals surface area contributed by atoms with E-state index in [1.54, 1.807) is 43.3 Å². The molecular weight excluding hydrogens is 485 g/mol. The van der Waals surface area contributed by atoms with E-state index in [1.807, 2.05) is 13.8 Å². The first-order valence-corrected chi connectivity index (χ1v) is 13.1. The third-order valence-electron chi connectivity index (χ3n) is 5.23. The van der Waals surface area contributed by atoms with Crippen molar-refractivity contribution < 1.29 is 18.0 Å². The van der Waals surface area contributed by atoms with Gasteiger partial charge in [-0.2, -0.15) is 0 Å². The predicted molar refractivity (Wildman–Crippen MR) is 133 cm³/mol. The first kappa shape index (κ1) is 27.0. The quantitative estimate of drug-likeness (QED) is 0.518. The van der Waals surface area contributed by atoms with Gasteiger partial charge in [-0.3, -0.25) is 13.9 Å². The van der Waals surface area contributed by atoms with Crippen molar-refractivity contribution in [3.05, 3.63) is 64.1 Å². The van der Waals surface area contributed by atoms with Crippen molar-refractivity contribution in [2.45, 2.75) is 45.8 Å². The van der Waals surface area contributed by atoms with E-state index < -0.39 is 28.5 Å². The molecule has 2 aromatic carbocycles. The van der Waals surface area contributed by atoms with Crippen molar-refractivity contribution in [1.29, 1.82) is 0 Å². The fourth-order valence-corrected chi connectivity index (χ4v) is 4.16. The van der Waals surface area contributed by atoms with Crippen molar-refractivity contribution in [3.63, 3.8) is 0 Å². The Hall–Kier alpha value is -2.29. The monoisotopic (exact) mass is 513 g/mol. The molecule has 0 aromatic heterocycles. The summed E-state index contributed by atoms with van der Waals surface area (Å²) in [6, 6.07) is 12.2. The van der Waals surface area contributed by atoms with E-state index in [-0.39, 0.29) is 18.5 Å². The Morgan fingerprint density at radius 3 is 1.97 bits per heavy atom. The maximum Gasteiger partial charge on any atom is 0.244 e. The Kier molecular flexibility index (Phi) is 9.57. The van der Waals surface area contributed by atoms with Crippen LogP contribution in [0.3, 0.4) is 0 Å². The lowest BCUT2D eigenvalue weighted by Crippen LogP contribution is -2.52. The van der Waals surface area contributed by atoms with Crippen LogP contribution in [-0.4, -0.2) is 50.0 Å². The maximum absolute atomic E-state index is 13.4. The highest BCUT2D eigenvalue weighted by Crippen LogP contribution is 2.21. The fourth-order valence-electron chi connectivity index (χ4n) is 3.06. The standard InChI is InChI=1S/C23H29Cl2N3O4S/c1-5-16(2)26-23(30)17(3)27(14-18-6-8-19(24)9-7-18)22(29)15-28(33(4,31)32)21-12-10-20(25)11-13-21/h6-13,16-17H,5,14-15H2,1-4H3,(H,26,30)/t16-,17+/m0/s1. The molecule has 10 heteroatoms. The van der Waals surface area contributed by atoms with Crippen LogP contribution in [0, 0.1) is 0 Å². The molecule has 0 saturated carbocycles. The van der Waals surface area contributed by atoms with Crippen molar-refractivity contribution in [1.82, 2.24) is 10.2 Å². The second-order valence-corrected chi connectivity index (χ2v) is 10.7. The lowest BCUT2D eigenvalue weighted by molar-refractivity contribution is -0.139. The van der Waals surface area contributed by atoms with Crippen LogP contribution in [0.1, 0.15) is 32.8 Å². The molecule has 0 spiro atoms.